The minimum atomic E-state index is 0.609. The number of anilines is 1. The molecule has 0 bridgehead atoms. The fourth-order valence-electron chi connectivity index (χ4n) is 1.98. The molecular formula is C10H18N4S. The molecule has 1 fully saturated rings. The predicted molar refractivity (Wildman–Crippen MR) is 63.6 cm³/mol. The van der Waals surface area contributed by atoms with E-state index in [1.165, 1.54) is 18.0 Å². The molecule has 1 unspecified atom stereocenters. The van der Waals surface area contributed by atoms with Gasteiger partial charge in [-0.05, 0) is 26.3 Å². The quantitative estimate of drug-likeness (QED) is 0.843. The highest BCUT2D eigenvalue weighted by Crippen LogP contribution is 2.22. The van der Waals surface area contributed by atoms with Gasteiger partial charge < -0.3 is 10.2 Å². The summed E-state index contributed by atoms with van der Waals surface area (Å²) in [4.78, 5) is 6.89. The van der Waals surface area contributed by atoms with Crippen LogP contribution in [0.5, 0.6) is 0 Å². The molecule has 0 saturated carbocycles. The summed E-state index contributed by atoms with van der Waals surface area (Å²) in [5.41, 5.74) is 0. The second-order valence-electron chi connectivity index (χ2n) is 3.96. The molecule has 0 radical (unpaired) electrons. The molecule has 1 N–H and O–H groups in total. The summed E-state index contributed by atoms with van der Waals surface area (Å²) < 4.78 is 4.26. The van der Waals surface area contributed by atoms with Gasteiger partial charge in [0.05, 0.1) is 0 Å². The summed E-state index contributed by atoms with van der Waals surface area (Å²) in [6.07, 6.45) is 2.38. The minimum absolute atomic E-state index is 0.609. The van der Waals surface area contributed by atoms with Gasteiger partial charge in [0.15, 0.2) is 0 Å². The van der Waals surface area contributed by atoms with E-state index < -0.39 is 0 Å². The number of aromatic nitrogens is 2. The molecule has 1 aliphatic heterocycles. The van der Waals surface area contributed by atoms with Crippen molar-refractivity contribution < 1.29 is 0 Å². The molecule has 0 amide bonds. The lowest BCUT2D eigenvalue weighted by Gasteiger charge is -2.27. The fraction of sp³-hybridized carbons (Fsp3) is 0.800. The molecule has 2 heterocycles. The molecule has 2 rings (SSSR count). The van der Waals surface area contributed by atoms with Crippen LogP contribution in [0.1, 0.15) is 25.6 Å². The largest absolute Gasteiger partial charge is 0.343 e. The molecule has 0 aromatic carbocycles. The van der Waals surface area contributed by atoms with E-state index >= 15 is 0 Å². The van der Waals surface area contributed by atoms with Crippen molar-refractivity contribution in [1.82, 2.24) is 14.7 Å². The van der Waals surface area contributed by atoms with Crippen LogP contribution >= 0.6 is 11.5 Å². The van der Waals surface area contributed by atoms with Gasteiger partial charge in [-0.25, -0.2) is 4.98 Å². The third kappa shape index (κ3) is 2.46. The Morgan fingerprint density at radius 1 is 1.60 bits per heavy atom. The average molecular weight is 226 g/mol. The van der Waals surface area contributed by atoms with Crippen molar-refractivity contribution >= 4 is 16.7 Å². The zero-order valence-electron chi connectivity index (χ0n) is 9.36. The second-order valence-corrected chi connectivity index (χ2v) is 4.69. The van der Waals surface area contributed by atoms with Gasteiger partial charge in [-0.1, -0.05) is 6.92 Å². The maximum Gasteiger partial charge on any atom is 0.205 e. The van der Waals surface area contributed by atoms with Crippen molar-refractivity contribution in [2.24, 2.45) is 0 Å². The Hall–Kier alpha value is -0.680. The summed E-state index contributed by atoms with van der Waals surface area (Å²) in [5.74, 6) is 0.891. The summed E-state index contributed by atoms with van der Waals surface area (Å²) in [6.45, 7) is 7.46. The fourth-order valence-corrected chi connectivity index (χ4v) is 2.76. The molecule has 4 nitrogen and oxygen atoms in total. The summed E-state index contributed by atoms with van der Waals surface area (Å²) in [7, 11) is 0. The van der Waals surface area contributed by atoms with Crippen LogP contribution in [-0.4, -0.2) is 35.0 Å². The second kappa shape index (κ2) is 4.90. The van der Waals surface area contributed by atoms with Gasteiger partial charge in [-0.15, -0.1) is 0 Å². The molecule has 0 aliphatic carbocycles. The Bertz CT molecular complexity index is 306. The van der Waals surface area contributed by atoms with E-state index in [9.17, 15) is 0 Å². The Morgan fingerprint density at radius 2 is 2.47 bits per heavy atom. The van der Waals surface area contributed by atoms with Crippen molar-refractivity contribution in [3.63, 3.8) is 0 Å². The molecular weight excluding hydrogens is 208 g/mol. The van der Waals surface area contributed by atoms with Crippen LogP contribution in [0.2, 0.25) is 0 Å². The SMILES string of the molecule is CCCN(c1nc(C)ns1)C1CCNC1. The highest BCUT2D eigenvalue weighted by molar-refractivity contribution is 7.09. The standard InChI is InChI=1S/C10H18N4S/c1-3-6-14(9-4-5-11-7-9)10-12-8(2)13-15-10/h9,11H,3-7H2,1-2H3. The molecule has 1 aromatic heterocycles. The lowest BCUT2D eigenvalue weighted by atomic mass is 10.2. The van der Waals surface area contributed by atoms with Gasteiger partial charge in [0.25, 0.3) is 0 Å². The van der Waals surface area contributed by atoms with Gasteiger partial charge in [0.2, 0.25) is 5.13 Å². The van der Waals surface area contributed by atoms with Gasteiger partial charge in [-0.3, -0.25) is 0 Å². The third-order valence-corrected chi connectivity index (χ3v) is 3.55. The molecule has 5 heteroatoms. The number of hydrogen-bond donors (Lipinski definition) is 1. The Balaban J connectivity index is 2.11. The smallest absolute Gasteiger partial charge is 0.205 e. The van der Waals surface area contributed by atoms with Crippen LogP contribution in [-0.2, 0) is 0 Å². The van der Waals surface area contributed by atoms with Crippen LogP contribution < -0.4 is 10.2 Å². The maximum absolute atomic E-state index is 4.48. The van der Waals surface area contributed by atoms with Crippen LogP contribution in [0.25, 0.3) is 0 Å². The Labute approximate surface area is 94.9 Å². The topological polar surface area (TPSA) is 41.1 Å². The van der Waals surface area contributed by atoms with Crippen molar-refractivity contribution in [3.05, 3.63) is 5.82 Å². The normalized spacial score (nSPS) is 20.8. The van der Waals surface area contributed by atoms with Gasteiger partial charge in [0.1, 0.15) is 5.82 Å². The van der Waals surface area contributed by atoms with E-state index in [1.54, 1.807) is 0 Å². The lowest BCUT2D eigenvalue weighted by Crippen LogP contribution is -2.37. The first-order valence-corrected chi connectivity index (χ1v) is 6.36. The number of hydrogen-bond acceptors (Lipinski definition) is 5. The monoisotopic (exact) mass is 226 g/mol. The lowest BCUT2D eigenvalue weighted by molar-refractivity contribution is 0.623. The molecule has 84 valence electrons. The van der Waals surface area contributed by atoms with E-state index in [2.05, 4.69) is 26.5 Å². The predicted octanol–water partition coefficient (Wildman–Crippen LogP) is 1.42. The van der Waals surface area contributed by atoms with Gasteiger partial charge in [0, 0.05) is 30.7 Å². The molecule has 1 aromatic rings. The van der Waals surface area contributed by atoms with Crippen LogP contribution in [0, 0.1) is 6.92 Å². The summed E-state index contributed by atoms with van der Waals surface area (Å²) in [6, 6.07) is 0.609. The van der Waals surface area contributed by atoms with Crippen LogP contribution in [0.4, 0.5) is 5.13 Å². The van der Waals surface area contributed by atoms with Crippen molar-refractivity contribution in [2.75, 3.05) is 24.5 Å². The molecule has 1 saturated heterocycles. The summed E-state index contributed by atoms with van der Waals surface area (Å²) in [5, 5.41) is 4.49. The van der Waals surface area contributed by atoms with E-state index in [1.807, 2.05) is 6.92 Å². The van der Waals surface area contributed by atoms with Crippen molar-refractivity contribution in [2.45, 2.75) is 32.7 Å². The summed E-state index contributed by atoms with van der Waals surface area (Å²) >= 11 is 1.52. The first kappa shape index (κ1) is 10.8. The number of rotatable bonds is 4. The highest BCUT2D eigenvalue weighted by atomic mass is 32.1. The van der Waals surface area contributed by atoms with E-state index in [0.717, 1.165) is 37.0 Å². The zero-order chi connectivity index (χ0) is 10.7. The maximum atomic E-state index is 4.48. The average Bonchev–Trinajstić information content (AvgIpc) is 2.85. The van der Waals surface area contributed by atoms with E-state index in [-0.39, 0.29) is 0 Å². The first-order chi connectivity index (χ1) is 7.31. The minimum Gasteiger partial charge on any atom is -0.343 e. The van der Waals surface area contributed by atoms with E-state index in [4.69, 9.17) is 0 Å². The van der Waals surface area contributed by atoms with Crippen LogP contribution in [0.15, 0.2) is 0 Å². The zero-order valence-corrected chi connectivity index (χ0v) is 10.2. The number of aryl methyl sites for hydroxylation is 1. The molecule has 0 spiro atoms. The van der Waals surface area contributed by atoms with Gasteiger partial charge >= 0.3 is 0 Å². The number of nitrogens with zero attached hydrogens (tertiary/aromatic N) is 3. The molecule has 1 atom stereocenters. The Morgan fingerprint density at radius 3 is 3.00 bits per heavy atom. The number of nitrogens with one attached hydrogen (secondary N) is 1. The molecule has 1 aliphatic rings. The Kier molecular flexibility index (Phi) is 3.53. The van der Waals surface area contributed by atoms with Crippen molar-refractivity contribution in [1.29, 1.82) is 0 Å². The van der Waals surface area contributed by atoms with Crippen LogP contribution in [0.3, 0.4) is 0 Å². The molecule has 15 heavy (non-hydrogen) atoms. The van der Waals surface area contributed by atoms with E-state index in [0.29, 0.717) is 6.04 Å². The first-order valence-electron chi connectivity index (χ1n) is 5.59. The highest BCUT2D eigenvalue weighted by Gasteiger charge is 2.24. The third-order valence-electron chi connectivity index (χ3n) is 2.70. The van der Waals surface area contributed by atoms with Gasteiger partial charge in [-0.2, -0.15) is 4.37 Å². The van der Waals surface area contributed by atoms with Crippen molar-refractivity contribution in [3.8, 4) is 0 Å².